The molecule has 27 heavy (non-hydrogen) atoms. The van der Waals surface area contributed by atoms with Crippen LogP contribution in [0.3, 0.4) is 0 Å². The Kier molecular flexibility index (Phi) is 6.37. The number of hydrogen-bond acceptors (Lipinski definition) is 5. The molecule has 1 fully saturated rings. The first-order valence-corrected chi connectivity index (χ1v) is 9.88. The van der Waals surface area contributed by atoms with Crippen LogP contribution in [0.4, 0.5) is 5.82 Å². The van der Waals surface area contributed by atoms with Crippen LogP contribution in [-0.4, -0.2) is 40.5 Å². The van der Waals surface area contributed by atoms with Crippen LogP contribution in [0.25, 0.3) is 11.5 Å². The molecule has 1 aliphatic heterocycles. The van der Waals surface area contributed by atoms with E-state index in [1.807, 2.05) is 32.0 Å². The molecule has 2 aromatic heterocycles. The van der Waals surface area contributed by atoms with E-state index in [1.54, 1.807) is 6.20 Å². The molecule has 1 N–H and O–H groups in total. The molecule has 0 aliphatic carbocycles. The summed E-state index contributed by atoms with van der Waals surface area (Å²) >= 11 is 0. The molecule has 6 heteroatoms. The lowest BCUT2D eigenvalue weighted by Crippen LogP contribution is -2.42. The number of aromatic nitrogens is 3. The summed E-state index contributed by atoms with van der Waals surface area (Å²) in [7, 11) is 0. The lowest BCUT2D eigenvalue weighted by atomic mass is 9.97. The van der Waals surface area contributed by atoms with Gasteiger partial charge >= 0.3 is 0 Å². The van der Waals surface area contributed by atoms with Gasteiger partial charge in [-0.2, -0.15) is 0 Å². The van der Waals surface area contributed by atoms with E-state index in [0.717, 1.165) is 56.1 Å². The van der Waals surface area contributed by atoms with Crippen LogP contribution in [0.5, 0.6) is 0 Å². The first kappa shape index (κ1) is 19.3. The second-order valence-corrected chi connectivity index (χ2v) is 7.46. The van der Waals surface area contributed by atoms with Crippen molar-refractivity contribution in [2.45, 2.75) is 40.0 Å². The number of carbonyl (C=O) groups is 1. The molecule has 144 valence electrons. The van der Waals surface area contributed by atoms with Gasteiger partial charge < -0.3 is 10.2 Å². The van der Waals surface area contributed by atoms with Gasteiger partial charge in [0, 0.05) is 43.5 Å². The van der Waals surface area contributed by atoms with Crippen molar-refractivity contribution >= 4 is 11.7 Å². The molecular formula is C21H29N5O. The fourth-order valence-electron chi connectivity index (χ4n) is 3.32. The van der Waals surface area contributed by atoms with Crippen molar-refractivity contribution in [3.05, 3.63) is 36.2 Å². The fourth-order valence-corrected chi connectivity index (χ4v) is 3.32. The minimum Gasteiger partial charge on any atom is -0.356 e. The summed E-state index contributed by atoms with van der Waals surface area (Å²) in [5.74, 6) is 2.24. The van der Waals surface area contributed by atoms with Gasteiger partial charge in [-0.25, -0.2) is 9.97 Å². The molecule has 0 spiro atoms. The second-order valence-electron chi connectivity index (χ2n) is 7.46. The maximum atomic E-state index is 11.9. The van der Waals surface area contributed by atoms with E-state index >= 15 is 0 Å². The monoisotopic (exact) mass is 367 g/mol. The first-order chi connectivity index (χ1) is 13.1. The average Bonchev–Trinajstić information content (AvgIpc) is 2.72. The van der Waals surface area contributed by atoms with Gasteiger partial charge in [0.05, 0.1) is 0 Å². The molecular weight excluding hydrogens is 338 g/mol. The van der Waals surface area contributed by atoms with E-state index < -0.39 is 0 Å². The lowest BCUT2D eigenvalue weighted by Gasteiger charge is -2.34. The molecule has 0 saturated carbocycles. The van der Waals surface area contributed by atoms with Crippen LogP contribution in [0.1, 0.15) is 39.3 Å². The van der Waals surface area contributed by atoms with Gasteiger partial charge in [0.2, 0.25) is 5.91 Å². The zero-order chi connectivity index (χ0) is 19.2. The summed E-state index contributed by atoms with van der Waals surface area (Å²) in [6.45, 7) is 8.57. The Balaban J connectivity index is 1.75. The Labute approximate surface area is 161 Å². The lowest BCUT2D eigenvalue weighted by molar-refractivity contribution is -0.124. The van der Waals surface area contributed by atoms with Crippen LogP contribution in [0.2, 0.25) is 0 Å². The van der Waals surface area contributed by atoms with Gasteiger partial charge in [0.1, 0.15) is 11.5 Å². The third-order valence-corrected chi connectivity index (χ3v) is 4.95. The maximum Gasteiger partial charge on any atom is 0.222 e. The standard InChI is InChI=1S/C21H29N5O/c1-4-17-12-19(25-20(24-17)18-9-5-6-10-22-18)26-11-7-8-16(14-26)13-23-21(27)15(2)3/h5-6,9-10,12,15-16H,4,7-8,11,13-14H2,1-3H3,(H,23,27). The molecule has 6 nitrogen and oxygen atoms in total. The number of pyridine rings is 1. The smallest absolute Gasteiger partial charge is 0.222 e. The quantitative estimate of drug-likeness (QED) is 0.849. The molecule has 1 unspecified atom stereocenters. The number of nitrogens with one attached hydrogen (secondary N) is 1. The molecule has 3 heterocycles. The van der Waals surface area contributed by atoms with Crippen molar-refractivity contribution < 1.29 is 4.79 Å². The zero-order valence-corrected chi connectivity index (χ0v) is 16.5. The third kappa shape index (κ3) is 5.02. The molecule has 1 amide bonds. The number of aryl methyl sites for hydroxylation is 1. The van der Waals surface area contributed by atoms with E-state index in [1.165, 1.54) is 0 Å². The molecule has 1 aliphatic rings. The summed E-state index contributed by atoms with van der Waals surface area (Å²) in [6.07, 6.45) is 4.86. The predicted molar refractivity (Wildman–Crippen MR) is 107 cm³/mol. The summed E-state index contributed by atoms with van der Waals surface area (Å²) in [6, 6.07) is 7.88. The Morgan fingerprint density at radius 3 is 2.89 bits per heavy atom. The van der Waals surface area contributed by atoms with Crippen LogP contribution >= 0.6 is 0 Å². The SMILES string of the molecule is CCc1cc(N2CCCC(CNC(=O)C(C)C)C2)nc(-c2ccccn2)n1. The van der Waals surface area contributed by atoms with E-state index in [2.05, 4.69) is 33.2 Å². The second kappa shape index (κ2) is 8.93. The highest BCUT2D eigenvalue weighted by molar-refractivity contribution is 5.77. The molecule has 1 saturated heterocycles. The normalized spacial score (nSPS) is 17.2. The van der Waals surface area contributed by atoms with Crippen LogP contribution in [-0.2, 0) is 11.2 Å². The Morgan fingerprint density at radius 1 is 1.33 bits per heavy atom. The van der Waals surface area contributed by atoms with Gasteiger partial charge in [-0.15, -0.1) is 0 Å². The molecule has 1 atom stereocenters. The summed E-state index contributed by atoms with van der Waals surface area (Å²) < 4.78 is 0. The summed E-state index contributed by atoms with van der Waals surface area (Å²) in [5, 5.41) is 3.08. The number of nitrogens with zero attached hydrogens (tertiary/aromatic N) is 4. The van der Waals surface area contributed by atoms with Crippen LogP contribution in [0, 0.1) is 11.8 Å². The molecule has 0 bridgehead atoms. The first-order valence-electron chi connectivity index (χ1n) is 9.88. The number of piperidine rings is 1. The maximum absolute atomic E-state index is 11.9. The molecule has 2 aromatic rings. The minimum absolute atomic E-state index is 0.0274. The number of hydrogen-bond donors (Lipinski definition) is 1. The molecule has 0 aromatic carbocycles. The Hall–Kier alpha value is -2.50. The summed E-state index contributed by atoms with van der Waals surface area (Å²) in [4.78, 5) is 28.0. The average molecular weight is 367 g/mol. The van der Waals surface area contributed by atoms with Crippen molar-refractivity contribution in [2.24, 2.45) is 11.8 Å². The van der Waals surface area contributed by atoms with Crippen LogP contribution in [0.15, 0.2) is 30.5 Å². The van der Waals surface area contributed by atoms with E-state index in [0.29, 0.717) is 11.7 Å². The zero-order valence-electron chi connectivity index (χ0n) is 16.5. The van der Waals surface area contributed by atoms with Crippen molar-refractivity contribution in [3.8, 4) is 11.5 Å². The number of carbonyl (C=O) groups excluding carboxylic acids is 1. The Bertz CT molecular complexity index is 762. The topological polar surface area (TPSA) is 71.0 Å². The highest BCUT2D eigenvalue weighted by Gasteiger charge is 2.23. The van der Waals surface area contributed by atoms with Gasteiger partial charge in [-0.3, -0.25) is 9.78 Å². The predicted octanol–water partition coefficient (Wildman–Crippen LogP) is 3.09. The van der Waals surface area contributed by atoms with E-state index in [4.69, 9.17) is 4.98 Å². The van der Waals surface area contributed by atoms with Crippen molar-refractivity contribution in [1.82, 2.24) is 20.3 Å². The highest BCUT2D eigenvalue weighted by atomic mass is 16.1. The van der Waals surface area contributed by atoms with Gasteiger partial charge in [0.15, 0.2) is 5.82 Å². The number of rotatable bonds is 6. The number of anilines is 1. The van der Waals surface area contributed by atoms with E-state index in [-0.39, 0.29) is 11.8 Å². The largest absolute Gasteiger partial charge is 0.356 e. The highest BCUT2D eigenvalue weighted by Crippen LogP contribution is 2.24. The van der Waals surface area contributed by atoms with Gasteiger partial charge in [-0.1, -0.05) is 26.8 Å². The van der Waals surface area contributed by atoms with Crippen LogP contribution < -0.4 is 10.2 Å². The molecule has 0 radical (unpaired) electrons. The fraction of sp³-hybridized carbons (Fsp3) is 0.524. The number of amides is 1. The Morgan fingerprint density at radius 2 is 2.19 bits per heavy atom. The molecule has 3 rings (SSSR count). The van der Waals surface area contributed by atoms with E-state index in [9.17, 15) is 4.79 Å². The summed E-state index contributed by atoms with van der Waals surface area (Å²) in [5.41, 5.74) is 1.82. The van der Waals surface area contributed by atoms with Crippen molar-refractivity contribution in [2.75, 3.05) is 24.5 Å². The van der Waals surface area contributed by atoms with Gasteiger partial charge in [-0.05, 0) is 37.3 Å². The third-order valence-electron chi connectivity index (χ3n) is 4.95. The van der Waals surface area contributed by atoms with Crippen molar-refractivity contribution in [1.29, 1.82) is 0 Å². The minimum atomic E-state index is 0.0274. The van der Waals surface area contributed by atoms with Gasteiger partial charge in [0.25, 0.3) is 0 Å². The van der Waals surface area contributed by atoms with Crippen molar-refractivity contribution in [3.63, 3.8) is 0 Å².